The van der Waals surface area contributed by atoms with Crippen LogP contribution in [0.3, 0.4) is 0 Å². The van der Waals surface area contributed by atoms with Gasteiger partial charge in [-0.25, -0.2) is 4.98 Å². The van der Waals surface area contributed by atoms with Gasteiger partial charge in [-0.3, -0.25) is 9.69 Å². The topological polar surface area (TPSA) is 36.4 Å². The van der Waals surface area contributed by atoms with E-state index in [0.29, 0.717) is 22.3 Å². The third-order valence-electron chi connectivity index (χ3n) is 4.27. The van der Waals surface area contributed by atoms with Gasteiger partial charge in [0.2, 0.25) is 0 Å². The van der Waals surface area contributed by atoms with Crippen molar-refractivity contribution in [3.05, 3.63) is 52.5 Å². The summed E-state index contributed by atoms with van der Waals surface area (Å²) < 4.78 is 0.924. The Labute approximate surface area is 173 Å². The van der Waals surface area contributed by atoms with Gasteiger partial charge in [0.15, 0.2) is 5.13 Å². The molecule has 1 heterocycles. The molecule has 7 heteroatoms. The molecule has 0 spiro atoms. The molecule has 0 saturated heterocycles. The van der Waals surface area contributed by atoms with Gasteiger partial charge >= 0.3 is 0 Å². The van der Waals surface area contributed by atoms with Crippen LogP contribution in [-0.4, -0.2) is 49.2 Å². The van der Waals surface area contributed by atoms with Crippen molar-refractivity contribution in [3.8, 4) is 0 Å². The van der Waals surface area contributed by atoms with Gasteiger partial charge in [-0.15, -0.1) is 11.8 Å². The van der Waals surface area contributed by atoms with Crippen LogP contribution < -0.4 is 4.90 Å². The molecule has 0 atom stereocenters. The molecule has 0 saturated carbocycles. The van der Waals surface area contributed by atoms with Crippen molar-refractivity contribution in [1.82, 2.24) is 9.88 Å². The first kappa shape index (κ1) is 20.1. The minimum Gasteiger partial charge on any atom is -0.308 e. The molecule has 1 aromatic heterocycles. The Kier molecular flexibility index (Phi) is 6.42. The smallest absolute Gasteiger partial charge is 0.261 e. The van der Waals surface area contributed by atoms with E-state index in [1.54, 1.807) is 16.7 Å². The van der Waals surface area contributed by atoms with Gasteiger partial charge in [0.1, 0.15) is 0 Å². The lowest BCUT2D eigenvalue weighted by Crippen LogP contribution is -2.37. The molecular formula is C20H22ClN3OS2. The van der Waals surface area contributed by atoms with Crippen LogP contribution in [0, 0.1) is 6.92 Å². The molecule has 0 fully saturated rings. The van der Waals surface area contributed by atoms with E-state index in [1.807, 2.05) is 63.7 Å². The van der Waals surface area contributed by atoms with Crippen LogP contribution in [0.1, 0.15) is 15.9 Å². The number of rotatable bonds is 6. The number of amides is 1. The molecule has 0 radical (unpaired) electrons. The molecule has 0 N–H and O–H groups in total. The van der Waals surface area contributed by atoms with Crippen LogP contribution in [0.15, 0.2) is 41.3 Å². The van der Waals surface area contributed by atoms with E-state index in [-0.39, 0.29) is 5.91 Å². The fraction of sp³-hybridized carbons (Fsp3) is 0.300. The fourth-order valence-corrected chi connectivity index (χ4v) is 4.69. The predicted molar refractivity (Wildman–Crippen MR) is 118 cm³/mol. The zero-order valence-corrected chi connectivity index (χ0v) is 18.2. The Morgan fingerprint density at radius 2 is 1.93 bits per heavy atom. The summed E-state index contributed by atoms with van der Waals surface area (Å²) in [5.41, 5.74) is 2.62. The predicted octanol–water partition coefficient (Wildman–Crippen LogP) is 5.19. The van der Waals surface area contributed by atoms with Crippen molar-refractivity contribution >= 4 is 56.0 Å². The summed E-state index contributed by atoms with van der Waals surface area (Å²) in [7, 11) is 4.00. The van der Waals surface area contributed by atoms with Crippen LogP contribution in [0.25, 0.3) is 10.2 Å². The lowest BCUT2D eigenvalue weighted by molar-refractivity contribution is 0.0982. The lowest BCUT2D eigenvalue weighted by atomic mass is 10.2. The SMILES string of the molecule is CSc1ccccc1C(=O)N(CCN(C)C)c1nc2c(C)ccc(Cl)c2s1. The number of anilines is 1. The van der Waals surface area contributed by atoms with E-state index in [9.17, 15) is 4.79 Å². The van der Waals surface area contributed by atoms with Crippen molar-refractivity contribution < 1.29 is 4.79 Å². The first-order valence-corrected chi connectivity index (χ1v) is 11.0. The van der Waals surface area contributed by atoms with E-state index in [4.69, 9.17) is 16.6 Å². The number of aromatic nitrogens is 1. The molecule has 1 amide bonds. The third-order valence-corrected chi connectivity index (χ3v) is 6.60. The van der Waals surface area contributed by atoms with Crippen LogP contribution in [0.2, 0.25) is 5.02 Å². The van der Waals surface area contributed by atoms with E-state index >= 15 is 0 Å². The highest BCUT2D eigenvalue weighted by Crippen LogP contribution is 2.36. The molecule has 0 aliphatic carbocycles. The molecule has 142 valence electrons. The van der Waals surface area contributed by atoms with Gasteiger partial charge < -0.3 is 4.90 Å². The molecule has 27 heavy (non-hydrogen) atoms. The van der Waals surface area contributed by atoms with Crippen molar-refractivity contribution in [2.24, 2.45) is 0 Å². The summed E-state index contributed by atoms with van der Waals surface area (Å²) in [5, 5.41) is 1.35. The van der Waals surface area contributed by atoms with Crippen LogP contribution >= 0.6 is 34.7 Å². The number of nitrogens with zero attached hydrogens (tertiary/aromatic N) is 3. The first-order chi connectivity index (χ1) is 12.9. The second kappa shape index (κ2) is 8.61. The van der Waals surface area contributed by atoms with Crippen molar-refractivity contribution in [1.29, 1.82) is 0 Å². The van der Waals surface area contributed by atoms with Crippen molar-refractivity contribution in [2.75, 3.05) is 38.3 Å². The summed E-state index contributed by atoms with van der Waals surface area (Å²) in [6.45, 7) is 3.32. The highest BCUT2D eigenvalue weighted by Gasteiger charge is 2.24. The average Bonchev–Trinajstić information content (AvgIpc) is 3.11. The standard InChI is InChI=1S/C20H22ClN3OS2/c1-13-9-10-15(21)18-17(13)22-20(27-18)24(12-11-23(2)3)19(25)14-7-5-6-8-16(14)26-4/h5-10H,11-12H2,1-4H3. The number of carbonyl (C=O) groups excluding carboxylic acids is 1. The van der Waals surface area contributed by atoms with Gasteiger partial charge in [-0.05, 0) is 51.0 Å². The number of aryl methyl sites for hydroxylation is 1. The largest absolute Gasteiger partial charge is 0.308 e. The summed E-state index contributed by atoms with van der Waals surface area (Å²) in [5.74, 6) is -0.0327. The number of halogens is 1. The maximum absolute atomic E-state index is 13.4. The van der Waals surface area contributed by atoms with Crippen LogP contribution in [-0.2, 0) is 0 Å². The minimum atomic E-state index is -0.0327. The Bertz CT molecular complexity index is 932. The number of hydrogen-bond acceptors (Lipinski definition) is 5. The molecule has 3 aromatic rings. The van der Waals surface area contributed by atoms with E-state index in [2.05, 4.69) is 4.90 Å². The molecule has 0 bridgehead atoms. The molecule has 2 aromatic carbocycles. The van der Waals surface area contributed by atoms with Crippen LogP contribution in [0.4, 0.5) is 5.13 Å². The van der Waals surface area contributed by atoms with E-state index in [1.165, 1.54) is 11.3 Å². The first-order valence-electron chi connectivity index (χ1n) is 8.57. The van der Waals surface area contributed by atoms with E-state index in [0.717, 1.165) is 27.2 Å². The van der Waals surface area contributed by atoms with Crippen LogP contribution in [0.5, 0.6) is 0 Å². The highest BCUT2D eigenvalue weighted by molar-refractivity contribution is 7.98. The number of fused-ring (bicyclic) bond motifs is 1. The van der Waals surface area contributed by atoms with Gasteiger partial charge in [-0.1, -0.05) is 41.1 Å². The molecular weight excluding hydrogens is 398 g/mol. The molecule has 0 aliphatic heterocycles. The number of thiazole rings is 1. The number of benzene rings is 2. The number of thioether (sulfide) groups is 1. The minimum absolute atomic E-state index is 0.0327. The average molecular weight is 420 g/mol. The maximum Gasteiger partial charge on any atom is 0.261 e. The van der Waals surface area contributed by atoms with Gasteiger partial charge in [0.05, 0.1) is 20.8 Å². The normalized spacial score (nSPS) is 11.3. The summed E-state index contributed by atoms with van der Waals surface area (Å²) in [6.07, 6.45) is 1.98. The number of hydrogen-bond donors (Lipinski definition) is 0. The quantitative estimate of drug-likeness (QED) is 0.515. The van der Waals surface area contributed by atoms with Crippen molar-refractivity contribution in [3.63, 3.8) is 0 Å². The van der Waals surface area contributed by atoms with Crippen molar-refractivity contribution in [2.45, 2.75) is 11.8 Å². The Morgan fingerprint density at radius 3 is 2.59 bits per heavy atom. The summed E-state index contributed by atoms with van der Waals surface area (Å²) in [4.78, 5) is 23.0. The molecule has 0 unspecified atom stereocenters. The third kappa shape index (κ3) is 4.29. The van der Waals surface area contributed by atoms with Gasteiger partial charge in [0, 0.05) is 18.0 Å². The molecule has 4 nitrogen and oxygen atoms in total. The highest BCUT2D eigenvalue weighted by atomic mass is 35.5. The second-order valence-corrected chi connectivity index (χ2v) is 8.73. The number of likely N-dealkylation sites (N-methyl/N-ethyl adjacent to an activating group) is 1. The molecule has 0 aliphatic rings. The Balaban J connectivity index is 2.07. The van der Waals surface area contributed by atoms with E-state index < -0.39 is 0 Å². The number of carbonyl (C=O) groups is 1. The second-order valence-electron chi connectivity index (χ2n) is 6.50. The lowest BCUT2D eigenvalue weighted by Gasteiger charge is -2.22. The monoisotopic (exact) mass is 419 g/mol. The summed E-state index contributed by atoms with van der Waals surface area (Å²) in [6, 6.07) is 11.5. The van der Waals surface area contributed by atoms with Gasteiger partial charge in [0.25, 0.3) is 5.91 Å². The fourth-order valence-electron chi connectivity index (χ4n) is 2.76. The van der Waals surface area contributed by atoms with Gasteiger partial charge in [-0.2, -0.15) is 0 Å². The Morgan fingerprint density at radius 1 is 1.19 bits per heavy atom. The zero-order chi connectivity index (χ0) is 19.6. The molecule has 3 rings (SSSR count). The zero-order valence-electron chi connectivity index (χ0n) is 15.8. The Hall–Kier alpha value is -1.60. The summed E-state index contributed by atoms with van der Waals surface area (Å²) >= 11 is 9.42. The maximum atomic E-state index is 13.4.